The third-order valence-electron chi connectivity index (χ3n) is 13.7. The third kappa shape index (κ3) is 6.80. The summed E-state index contributed by atoms with van der Waals surface area (Å²) in [6.45, 7) is 19.9. The van der Waals surface area contributed by atoms with Crippen molar-refractivity contribution in [2.75, 3.05) is 56.0 Å². The molecule has 0 bridgehead atoms. The number of nitrogens with one attached hydrogen (secondary N) is 3. The van der Waals surface area contributed by atoms with E-state index >= 15 is 0 Å². The van der Waals surface area contributed by atoms with Crippen LogP contribution in [0.1, 0.15) is 108 Å². The lowest BCUT2D eigenvalue weighted by molar-refractivity contribution is -0.137. The van der Waals surface area contributed by atoms with Crippen molar-refractivity contribution < 1.29 is 24.0 Å². The fourth-order valence-electron chi connectivity index (χ4n) is 10.3. The van der Waals surface area contributed by atoms with Gasteiger partial charge in [0, 0.05) is 121 Å². The van der Waals surface area contributed by atoms with E-state index in [4.69, 9.17) is 6.57 Å². The van der Waals surface area contributed by atoms with Gasteiger partial charge in [0.15, 0.2) is 11.5 Å². The Hall–Kier alpha value is -6.00. The normalized spacial score (nSPS) is 20.5. The van der Waals surface area contributed by atoms with Crippen LogP contribution < -0.4 is 15.5 Å². The van der Waals surface area contributed by atoms with Crippen LogP contribution >= 0.6 is 0 Å². The number of anilines is 2. The predicted octanol–water partition coefficient (Wildman–Crippen LogP) is 5.92. The monoisotopic (exact) mass is 808 g/mol. The summed E-state index contributed by atoms with van der Waals surface area (Å²) in [5, 5.41) is 6.66. The second-order valence-electron chi connectivity index (χ2n) is 17.4. The SMILES string of the molecule is [C-]#[N+]c1ccc2c3c([nH]c2c1)C(C)(C)c1cc(N2CCC(N4CCN(C(=O)CCCNc5cccc6c5CN(C5CCC(=O)NC5=O)C6=O)CC4)CC2)c(CC)cc1C3=O. The first-order chi connectivity index (χ1) is 29.0. The molecule has 4 aliphatic heterocycles. The van der Waals surface area contributed by atoms with Gasteiger partial charge in [0.2, 0.25) is 17.7 Å². The molecule has 5 heterocycles. The number of aromatic nitrogens is 1. The number of hydrogen-bond acceptors (Lipinski definition) is 8. The lowest BCUT2D eigenvalue weighted by atomic mass is 9.70. The molecule has 1 unspecified atom stereocenters. The topological polar surface area (TPSA) is 143 Å². The molecule has 3 aromatic carbocycles. The molecule has 3 saturated heterocycles. The molecule has 0 spiro atoms. The Labute approximate surface area is 350 Å². The maximum Gasteiger partial charge on any atom is 0.255 e. The van der Waals surface area contributed by atoms with Gasteiger partial charge in [0.05, 0.1) is 12.1 Å². The zero-order valence-corrected chi connectivity index (χ0v) is 34.7. The minimum atomic E-state index is -0.655. The summed E-state index contributed by atoms with van der Waals surface area (Å²) >= 11 is 0. The Morgan fingerprint density at radius 1 is 0.950 bits per heavy atom. The van der Waals surface area contributed by atoms with E-state index in [9.17, 15) is 24.0 Å². The van der Waals surface area contributed by atoms with Gasteiger partial charge in [-0.05, 0) is 73.6 Å². The van der Waals surface area contributed by atoms with Crippen molar-refractivity contribution in [1.29, 1.82) is 0 Å². The molecular weight excluding hydrogens is 757 g/mol. The molecule has 60 heavy (non-hydrogen) atoms. The van der Waals surface area contributed by atoms with E-state index in [-0.39, 0.29) is 29.9 Å². The fourth-order valence-corrected chi connectivity index (χ4v) is 10.3. The van der Waals surface area contributed by atoms with Crippen LogP contribution in [0.3, 0.4) is 0 Å². The molecule has 13 heteroatoms. The standard InChI is InChI=1S/C47H52N8O5/c1-5-28-24-33-35(47(2,3)44-42(43(33)58)32-12-11-29(48-4)25-37(32)50-44)26-39(28)53-18-15-30(16-19-53)52-20-22-54(23-21-52)41(57)10-7-17-49-36-9-6-8-31-34(36)27-55(46(31)60)38-13-14-40(56)51-45(38)59/h6,8-9,11-12,24-26,30,38,49-50H,5,7,10,13-23,27H2,1-3H3,(H,51,56,59). The molecule has 0 radical (unpaired) electrons. The number of aryl methyl sites for hydroxylation is 1. The highest BCUT2D eigenvalue weighted by atomic mass is 16.2. The molecule has 1 aliphatic carbocycles. The highest BCUT2D eigenvalue weighted by molar-refractivity contribution is 6.20. The molecule has 9 rings (SSSR count). The van der Waals surface area contributed by atoms with E-state index in [2.05, 4.69) is 63.2 Å². The first-order valence-corrected chi connectivity index (χ1v) is 21.5. The number of benzene rings is 3. The number of aromatic amines is 1. The summed E-state index contributed by atoms with van der Waals surface area (Å²) in [6.07, 6.45) is 4.55. The summed E-state index contributed by atoms with van der Waals surface area (Å²) < 4.78 is 0. The van der Waals surface area contributed by atoms with E-state index in [0.29, 0.717) is 49.6 Å². The maximum atomic E-state index is 14.1. The molecule has 13 nitrogen and oxygen atoms in total. The van der Waals surface area contributed by atoms with Crippen molar-refractivity contribution in [2.24, 2.45) is 0 Å². The summed E-state index contributed by atoms with van der Waals surface area (Å²) in [6, 6.07) is 15.3. The number of H-pyrrole nitrogens is 1. The van der Waals surface area contributed by atoms with Gasteiger partial charge in [0.25, 0.3) is 5.91 Å². The quantitative estimate of drug-likeness (QED) is 0.108. The predicted molar refractivity (Wildman–Crippen MR) is 230 cm³/mol. The number of amides is 4. The van der Waals surface area contributed by atoms with Crippen LogP contribution in [0, 0.1) is 6.57 Å². The van der Waals surface area contributed by atoms with Crippen LogP contribution in [0.4, 0.5) is 17.1 Å². The molecule has 3 fully saturated rings. The minimum absolute atomic E-state index is 0.0470. The zero-order valence-electron chi connectivity index (χ0n) is 34.7. The molecule has 5 aliphatic rings. The number of nitrogens with zero attached hydrogens (tertiary/aromatic N) is 5. The number of piperazine rings is 1. The van der Waals surface area contributed by atoms with Gasteiger partial charge < -0.3 is 25.0 Å². The van der Waals surface area contributed by atoms with Crippen molar-refractivity contribution in [2.45, 2.75) is 89.8 Å². The van der Waals surface area contributed by atoms with Gasteiger partial charge in [-0.3, -0.25) is 34.2 Å². The number of carbonyl (C=O) groups excluding carboxylic acids is 5. The minimum Gasteiger partial charge on any atom is -0.385 e. The Morgan fingerprint density at radius 3 is 2.47 bits per heavy atom. The third-order valence-corrected chi connectivity index (χ3v) is 13.7. The highest BCUT2D eigenvalue weighted by Gasteiger charge is 2.42. The Balaban J connectivity index is 0.766. The van der Waals surface area contributed by atoms with Gasteiger partial charge in [-0.1, -0.05) is 39.0 Å². The summed E-state index contributed by atoms with van der Waals surface area (Å²) in [5.41, 5.74) is 9.07. The van der Waals surface area contributed by atoms with Gasteiger partial charge in [0.1, 0.15) is 6.04 Å². The number of imide groups is 1. The average Bonchev–Trinajstić information content (AvgIpc) is 3.82. The van der Waals surface area contributed by atoms with Crippen LogP contribution in [-0.4, -0.2) is 107 Å². The number of ketones is 1. The van der Waals surface area contributed by atoms with E-state index < -0.39 is 17.4 Å². The Morgan fingerprint density at radius 2 is 1.73 bits per heavy atom. The van der Waals surface area contributed by atoms with E-state index in [1.165, 1.54) is 11.3 Å². The molecular formula is C47H52N8O5. The van der Waals surface area contributed by atoms with Crippen molar-refractivity contribution in [3.05, 3.63) is 99.0 Å². The first kappa shape index (κ1) is 39.5. The molecule has 4 amide bonds. The van der Waals surface area contributed by atoms with Crippen LogP contribution in [0.2, 0.25) is 0 Å². The Kier molecular flexibility index (Phi) is 10.2. The fraction of sp³-hybridized carbons (Fsp3) is 0.447. The average molecular weight is 809 g/mol. The van der Waals surface area contributed by atoms with E-state index in [1.54, 1.807) is 17.0 Å². The maximum absolute atomic E-state index is 14.1. The lowest BCUT2D eigenvalue weighted by Gasteiger charge is -2.44. The number of fused-ring (bicyclic) bond motifs is 5. The van der Waals surface area contributed by atoms with Crippen molar-refractivity contribution in [1.82, 2.24) is 25.0 Å². The summed E-state index contributed by atoms with van der Waals surface area (Å²) in [5.74, 6) is -0.716. The number of hydrogen-bond donors (Lipinski definition) is 3. The van der Waals surface area contributed by atoms with Crippen LogP contribution in [0.5, 0.6) is 0 Å². The van der Waals surface area contributed by atoms with E-state index in [0.717, 1.165) is 103 Å². The Bertz CT molecular complexity index is 2480. The van der Waals surface area contributed by atoms with E-state index in [1.807, 2.05) is 29.2 Å². The molecule has 4 aromatic rings. The van der Waals surface area contributed by atoms with Gasteiger partial charge in [-0.15, -0.1) is 0 Å². The molecule has 1 aromatic heterocycles. The second-order valence-corrected chi connectivity index (χ2v) is 17.4. The number of rotatable bonds is 9. The van der Waals surface area contributed by atoms with Crippen molar-refractivity contribution >= 4 is 57.4 Å². The van der Waals surface area contributed by atoms with Crippen molar-refractivity contribution in [3.63, 3.8) is 0 Å². The summed E-state index contributed by atoms with van der Waals surface area (Å²) in [4.78, 5) is 80.5. The smallest absolute Gasteiger partial charge is 0.255 e. The molecule has 1 atom stereocenters. The van der Waals surface area contributed by atoms with Gasteiger partial charge in [-0.2, -0.15) is 0 Å². The number of carbonyl (C=O) groups is 5. The first-order valence-electron chi connectivity index (χ1n) is 21.5. The highest BCUT2D eigenvalue weighted by Crippen LogP contribution is 2.46. The second kappa shape index (κ2) is 15.6. The van der Waals surface area contributed by atoms with Crippen LogP contribution in [-0.2, 0) is 32.8 Å². The largest absolute Gasteiger partial charge is 0.385 e. The summed E-state index contributed by atoms with van der Waals surface area (Å²) in [7, 11) is 0. The van der Waals surface area contributed by atoms with Crippen LogP contribution in [0.15, 0.2) is 48.5 Å². The number of piperidine rings is 2. The molecule has 0 saturated carbocycles. The molecule has 3 N–H and O–H groups in total. The van der Waals surface area contributed by atoms with Crippen LogP contribution in [0.25, 0.3) is 15.7 Å². The van der Waals surface area contributed by atoms with Gasteiger partial charge >= 0.3 is 0 Å². The lowest BCUT2D eigenvalue weighted by Crippen LogP contribution is -2.54. The molecule has 310 valence electrons. The zero-order chi connectivity index (χ0) is 41.9. The van der Waals surface area contributed by atoms with Crippen molar-refractivity contribution in [3.8, 4) is 0 Å². The van der Waals surface area contributed by atoms with Gasteiger partial charge in [-0.25, -0.2) is 4.85 Å².